The van der Waals surface area contributed by atoms with Crippen LogP contribution in [0, 0.1) is 12.3 Å². The molecule has 0 spiro atoms. The van der Waals surface area contributed by atoms with Crippen LogP contribution in [0.25, 0.3) is 0 Å². The maximum Gasteiger partial charge on any atom is 0.232 e. The first kappa shape index (κ1) is 26.2. The van der Waals surface area contributed by atoms with E-state index in [-0.39, 0.29) is 18.5 Å². The molecular formula is C24H32ClN3O3. The van der Waals surface area contributed by atoms with Gasteiger partial charge in [-0.25, -0.2) is 4.98 Å². The molecule has 0 fully saturated rings. The molecule has 6 nitrogen and oxygen atoms in total. The van der Waals surface area contributed by atoms with Gasteiger partial charge in [0.15, 0.2) is 0 Å². The third-order valence-electron chi connectivity index (χ3n) is 4.45. The lowest BCUT2D eigenvalue weighted by atomic mass is 10.1. The van der Waals surface area contributed by atoms with Crippen LogP contribution in [0.5, 0.6) is 11.6 Å². The maximum absolute atomic E-state index is 8.95. The molecule has 0 saturated heterocycles. The Balaban J connectivity index is 0.000000311. The van der Waals surface area contributed by atoms with E-state index in [1.807, 2.05) is 45.9 Å². The summed E-state index contributed by atoms with van der Waals surface area (Å²) in [6.45, 7) is 13.1. The van der Waals surface area contributed by atoms with Gasteiger partial charge in [0.05, 0.1) is 6.10 Å². The fraction of sp³-hybridized carbons (Fsp3) is 0.375. The topological polar surface area (TPSA) is 87.8 Å². The predicted molar refractivity (Wildman–Crippen MR) is 129 cm³/mol. The monoisotopic (exact) mass is 445 g/mol. The Labute approximate surface area is 190 Å². The normalized spacial score (nSPS) is 11.8. The number of nitrogens with one attached hydrogen (secondary N) is 1. The van der Waals surface area contributed by atoms with E-state index in [1.165, 1.54) is 0 Å². The molecule has 2 rings (SSSR count). The molecule has 0 radical (unpaired) electrons. The molecule has 168 valence electrons. The van der Waals surface area contributed by atoms with Gasteiger partial charge in [0.1, 0.15) is 23.1 Å². The maximum atomic E-state index is 8.95. The Bertz CT molecular complexity index is 942. The number of benzene rings is 1. The number of ether oxygens (including phenoxy) is 2. The van der Waals surface area contributed by atoms with Gasteiger partial charge in [-0.15, -0.1) is 0 Å². The quantitative estimate of drug-likeness (QED) is 0.375. The molecule has 1 heterocycles. The number of aliphatic hydroxyl groups excluding tert-OH is 1. The molecule has 1 unspecified atom stereocenters. The van der Waals surface area contributed by atoms with Crippen LogP contribution in [0.3, 0.4) is 0 Å². The summed E-state index contributed by atoms with van der Waals surface area (Å²) >= 11 is 5.99. The molecule has 31 heavy (non-hydrogen) atoms. The molecule has 1 aromatic heterocycles. The van der Waals surface area contributed by atoms with Crippen molar-refractivity contribution in [3.8, 4) is 11.6 Å². The third-order valence-corrected chi connectivity index (χ3v) is 4.72. The van der Waals surface area contributed by atoms with E-state index in [0.29, 0.717) is 16.6 Å². The van der Waals surface area contributed by atoms with Crippen LogP contribution < -0.4 is 9.47 Å². The number of pyridine rings is 1. The molecule has 2 aromatic rings. The zero-order valence-electron chi connectivity index (χ0n) is 19.1. The Morgan fingerprint density at radius 3 is 2.45 bits per heavy atom. The zero-order valence-corrected chi connectivity index (χ0v) is 19.9. The van der Waals surface area contributed by atoms with Gasteiger partial charge in [0.2, 0.25) is 5.88 Å². The molecular weight excluding hydrogens is 414 g/mol. The largest absolute Gasteiger partial charge is 0.509 e. The number of aromatic nitrogens is 1. The summed E-state index contributed by atoms with van der Waals surface area (Å²) in [5, 5.41) is 16.8. The van der Waals surface area contributed by atoms with Crippen molar-refractivity contribution in [2.45, 2.75) is 47.1 Å². The van der Waals surface area contributed by atoms with E-state index >= 15 is 0 Å². The highest BCUT2D eigenvalue weighted by molar-refractivity contribution is 6.32. The van der Waals surface area contributed by atoms with Crippen molar-refractivity contribution in [3.63, 3.8) is 0 Å². The van der Waals surface area contributed by atoms with Crippen LogP contribution in [0.1, 0.15) is 50.8 Å². The Morgan fingerprint density at radius 2 is 1.97 bits per heavy atom. The standard InChI is InChI=1S/C13H17NO2.C11H15ClN2O/c1-9-7-12(11(3)14-4)5-6-13(9)16-8-10(2)15;1-4-7(2)15-11-10(12)5-9(6-14-11)8(3)13/h5-7,15H,2,8H2,1,3-4H3;5-7,13H,4H2,1-3H3. The molecule has 0 saturated carbocycles. The van der Waals surface area contributed by atoms with Crippen molar-refractivity contribution in [2.75, 3.05) is 13.7 Å². The first-order valence-corrected chi connectivity index (χ1v) is 10.4. The van der Waals surface area contributed by atoms with Crippen molar-refractivity contribution in [3.05, 3.63) is 64.5 Å². The molecule has 0 aliphatic heterocycles. The summed E-state index contributed by atoms with van der Waals surface area (Å²) in [5.41, 5.74) is 4.24. The molecule has 0 amide bonds. The summed E-state index contributed by atoms with van der Waals surface area (Å²) in [4.78, 5) is 8.22. The molecule has 7 heteroatoms. The van der Waals surface area contributed by atoms with Gasteiger partial charge in [-0.05, 0) is 69.5 Å². The minimum atomic E-state index is 0.0229. The van der Waals surface area contributed by atoms with Crippen molar-refractivity contribution >= 4 is 23.0 Å². The smallest absolute Gasteiger partial charge is 0.232 e. The van der Waals surface area contributed by atoms with Crippen LogP contribution in [-0.4, -0.2) is 41.3 Å². The summed E-state index contributed by atoms with van der Waals surface area (Å²) in [6, 6.07) is 7.54. The van der Waals surface area contributed by atoms with Crippen molar-refractivity contribution in [1.82, 2.24) is 4.98 Å². The molecule has 0 aliphatic carbocycles. The number of halogens is 1. The van der Waals surface area contributed by atoms with Crippen LogP contribution in [0.15, 0.2) is 47.8 Å². The van der Waals surface area contributed by atoms with Crippen LogP contribution in [-0.2, 0) is 0 Å². The minimum absolute atomic E-state index is 0.0229. The summed E-state index contributed by atoms with van der Waals surface area (Å²) in [6.07, 6.45) is 2.61. The first-order valence-electron chi connectivity index (χ1n) is 10.0. The van der Waals surface area contributed by atoms with Gasteiger partial charge in [-0.1, -0.05) is 25.1 Å². The number of nitrogens with zero attached hydrogens (tertiary/aromatic N) is 2. The number of hydrogen-bond donors (Lipinski definition) is 2. The lowest BCUT2D eigenvalue weighted by molar-refractivity contribution is 0.209. The van der Waals surface area contributed by atoms with Crippen LogP contribution >= 0.6 is 11.6 Å². The average Bonchev–Trinajstić information content (AvgIpc) is 2.73. The van der Waals surface area contributed by atoms with E-state index in [0.717, 1.165) is 34.6 Å². The fourth-order valence-electron chi connectivity index (χ4n) is 2.32. The average molecular weight is 446 g/mol. The number of aliphatic imine (C=N–C) groups is 1. The number of hydrogen-bond acceptors (Lipinski definition) is 6. The van der Waals surface area contributed by atoms with E-state index < -0.39 is 0 Å². The lowest BCUT2D eigenvalue weighted by Crippen LogP contribution is -2.11. The van der Waals surface area contributed by atoms with E-state index in [1.54, 1.807) is 26.2 Å². The summed E-state index contributed by atoms with van der Waals surface area (Å²) in [5.74, 6) is 1.22. The molecule has 0 aliphatic rings. The number of aliphatic hydroxyl groups is 1. The second-order valence-electron chi connectivity index (χ2n) is 7.12. The highest BCUT2D eigenvalue weighted by Crippen LogP contribution is 2.24. The van der Waals surface area contributed by atoms with Crippen LogP contribution in [0.2, 0.25) is 5.02 Å². The zero-order chi connectivity index (χ0) is 23.6. The Morgan fingerprint density at radius 1 is 1.29 bits per heavy atom. The fourth-order valence-corrected chi connectivity index (χ4v) is 2.53. The second-order valence-corrected chi connectivity index (χ2v) is 7.52. The second kappa shape index (κ2) is 12.7. The molecule has 1 atom stereocenters. The SMILES string of the molecule is C=C(O)COc1ccc(C(C)=NC)cc1C.CCC(C)Oc1ncc(C(C)=N)cc1Cl. The molecule has 0 bridgehead atoms. The minimum Gasteiger partial charge on any atom is -0.509 e. The Hall–Kier alpha value is -2.86. The first-order chi connectivity index (χ1) is 14.6. The van der Waals surface area contributed by atoms with Gasteiger partial charge in [-0.2, -0.15) is 0 Å². The van der Waals surface area contributed by atoms with Gasteiger partial charge < -0.3 is 20.0 Å². The van der Waals surface area contributed by atoms with Gasteiger partial charge in [-0.3, -0.25) is 4.99 Å². The van der Waals surface area contributed by atoms with Gasteiger partial charge in [0.25, 0.3) is 0 Å². The van der Waals surface area contributed by atoms with E-state index in [9.17, 15) is 0 Å². The van der Waals surface area contributed by atoms with E-state index in [4.69, 9.17) is 31.6 Å². The predicted octanol–water partition coefficient (Wildman–Crippen LogP) is 6.18. The van der Waals surface area contributed by atoms with Gasteiger partial charge >= 0.3 is 0 Å². The summed E-state index contributed by atoms with van der Waals surface area (Å²) < 4.78 is 10.9. The third kappa shape index (κ3) is 8.80. The van der Waals surface area contributed by atoms with Crippen molar-refractivity contribution in [2.24, 2.45) is 4.99 Å². The Kier molecular flexibility index (Phi) is 10.8. The molecule has 1 aromatic carbocycles. The van der Waals surface area contributed by atoms with Crippen LogP contribution in [0.4, 0.5) is 0 Å². The number of rotatable bonds is 8. The highest BCUT2D eigenvalue weighted by Gasteiger charge is 2.09. The van der Waals surface area contributed by atoms with Gasteiger partial charge in [0, 0.05) is 30.2 Å². The number of aryl methyl sites for hydroxylation is 1. The lowest BCUT2D eigenvalue weighted by Gasteiger charge is -2.12. The van der Waals surface area contributed by atoms with Crippen molar-refractivity contribution < 1.29 is 14.6 Å². The molecule has 2 N–H and O–H groups in total. The van der Waals surface area contributed by atoms with Crippen molar-refractivity contribution in [1.29, 1.82) is 5.41 Å². The summed E-state index contributed by atoms with van der Waals surface area (Å²) in [7, 11) is 1.77. The highest BCUT2D eigenvalue weighted by atomic mass is 35.5. The van der Waals surface area contributed by atoms with E-state index in [2.05, 4.69) is 16.6 Å².